The van der Waals surface area contributed by atoms with E-state index in [0.717, 1.165) is 11.6 Å². The van der Waals surface area contributed by atoms with Gasteiger partial charge in [-0.3, -0.25) is 4.98 Å². The fourth-order valence-corrected chi connectivity index (χ4v) is 3.45. The van der Waals surface area contributed by atoms with E-state index in [0.29, 0.717) is 11.2 Å². The summed E-state index contributed by atoms with van der Waals surface area (Å²) in [6, 6.07) is 9.69. The van der Waals surface area contributed by atoms with Gasteiger partial charge in [-0.15, -0.1) is 0 Å². The van der Waals surface area contributed by atoms with E-state index in [9.17, 15) is 13.9 Å². The van der Waals surface area contributed by atoms with Crippen molar-refractivity contribution in [3.8, 4) is 5.75 Å². The molecule has 0 aliphatic heterocycles. The lowest BCUT2D eigenvalue weighted by molar-refractivity contribution is 0.458. The third-order valence-electron chi connectivity index (χ3n) is 4.96. The van der Waals surface area contributed by atoms with Crippen LogP contribution in [0.5, 0.6) is 5.75 Å². The largest absolute Gasteiger partial charge is 0.505 e. The number of aromatic hydroxyl groups is 1. The molecule has 2 N–H and O–H groups in total. The molecular weight excluding hydrogens is 391 g/mol. The van der Waals surface area contributed by atoms with Crippen LogP contribution in [0.2, 0.25) is 0 Å². The Hall–Kier alpha value is -3.61. The highest BCUT2D eigenvalue weighted by Gasteiger charge is 2.29. The zero-order valence-electron chi connectivity index (χ0n) is 16.2. The zero-order chi connectivity index (χ0) is 21.4. The highest BCUT2D eigenvalue weighted by Crippen LogP contribution is 2.39. The summed E-state index contributed by atoms with van der Waals surface area (Å²) in [5, 5.41) is 14.5. The number of phenolic OH excluding ortho intramolecular Hbond substituents is 1. The van der Waals surface area contributed by atoms with E-state index in [2.05, 4.69) is 15.3 Å². The van der Waals surface area contributed by atoms with Crippen LogP contribution >= 0.6 is 0 Å². The predicted octanol–water partition coefficient (Wildman–Crippen LogP) is 5.57. The summed E-state index contributed by atoms with van der Waals surface area (Å²) in [4.78, 5) is 8.34. The molecule has 0 saturated carbocycles. The van der Waals surface area contributed by atoms with Crippen molar-refractivity contribution in [3.63, 3.8) is 0 Å². The summed E-state index contributed by atoms with van der Waals surface area (Å²) in [6.45, 7) is 3.19. The smallest absolute Gasteiger partial charge is 0.167 e. The number of pyridine rings is 2. The van der Waals surface area contributed by atoms with Crippen LogP contribution in [0.1, 0.15) is 28.3 Å². The minimum Gasteiger partial charge on any atom is -0.505 e. The van der Waals surface area contributed by atoms with E-state index in [4.69, 9.17) is 0 Å². The van der Waals surface area contributed by atoms with Crippen molar-refractivity contribution >= 4 is 16.7 Å². The average Bonchev–Trinajstić information content (AvgIpc) is 2.72. The SMILES string of the molecule is Cc1ccnc(NC(c2ccc3cccnc3c2O)c2c(F)c(C)cc(F)c2F)c1. The molecule has 0 spiro atoms. The number of benzene rings is 2. The van der Waals surface area contributed by atoms with Crippen LogP contribution in [0.4, 0.5) is 19.0 Å². The molecule has 2 heterocycles. The number of nitrogens with one attached hydrogen (secondary N) is 1. The molecule has 0 bridgehead atoms. The number of phenols is 1. The first kappa shape index (κ1) is 19.7. The maximum Gasteiger partial charge on any atom is 0.167 e. The van der Waals surface area contributed by atoms with Gasteiger partial charge in [-0.05, 0) is 49.2 Å². The Bertz CT molecular complexity index is 1230. The molecule has 4 aromatic rings. The predicted molar refractivity (Wildman–Crippen MR) is 109 cm³/mol. The monoisotopic (exact) mass is 409 g/mol. The van der Waals surface area contributed by atoms with E-state index >= 15 is 4.39 Å². The topological polar surface area (TPSA) is 58.0 Å². The molecule has 2 aromatic heterocycles. The quantitative estimate of drug-likeness (QED) is 0.433. The molecule has 0 fully saturated rings. The first-order valence-corrected chi connectivity index (χ1v) is 9.26. The lowest BCUT2D eigenvalue weighted by Crippen LogP contribution is -2.18. The molecule has 7 heteroatoms. The van der Waals surface area contributed by atoms with Gasteiger partial charge in [-0.1, -0.05) is 18.2 Å². The van der Waals surface area contributed by atoms with Crippen molar-refractivity contribution in [2.45, 2.75) is 19.9 Å². The number of fused-ring (bicyclic) bond motifs is 1. The number of anilines is 1. The van der Waals surface area contributed by atoms with E-state index in [1.807, 2.05) is 6.92 Å². The summed E-state index contributed by atoms with van der Waals surface area (Å²) in [7, 11) is 0. The molecule has 0 radical (unpaired) electrons. The highest BCUT2D eigenvalue weighted by molar-refractivity contribution is 5.86. The second-order valence-electron chi connectivity index (χ2n) is 7.09. The van der Waals surface area contributed by atoms with Crippen LogP contribution in [0, 0.1) is 31.3 Å². The van der Waals surface area contributed by atoms with Gasteiger partial charge in [-0.2, -0.15) is 0 Å². The van der Waals surface area contributed by atoms with E-state index < -0.39 is 29.1 Å². The fraction of sp³-hybridized carbons (Fsp3) is 0.130. The van der Waals surface area contributed by atoms with Crippen molar-refractivity contribution in [3.05, 3.63) is 94.6 Å². The number of aromatic nitrogens is 2. The first-order valence-electron chi connectivity index (χ1n) is 9.26. The fourth-order valence-electron chi connectivity index (χ4n) is 3.45. The lowest BCUT2D eigenvalue weighted by Gasteiger charge is -2.23. The molecule has 1 unspecified atom stereocenters. The van der Waals surface area contributed by atoms with Gasteiger partial charge in [0.1, 0.15) is 22.9 Å². The maximum absolute atomic E-state index is 15.0. The minimum absolute atomic E-state index is 0.0497. The van der Waals surface area contributed by atoms with Crippen molar-refractivity contribution in [2.24, 2.45) is 0 Å². The lowest BCUT2D eigenvalue weighted by atomic mass is 9.93. The number of nitrogens with zero attached hydrogens (tertiary/aromatic N) is 2. The molecule has 2 aromatic carbocycles. The standard InChI is InChI=1S/C23H18F3N3O/c1-12-7-9-27-17(10-12)29-22(18-19(25)13(2)11-16(24)20(18)26)15-6-5-14-4-3-8-28-21(14)23(15)30/h3-11,22,30H,1-2H3,(H,27,29). The summed E-state index contributed by atoms with van der Waals surface area (Å²) in [5.74, 6) is -3.34. The minimum atomic E-state index is -1.33. The van der Waals surface area contributed by atoms with Crippen molar-refractivity contribution in [2.75, 3.05) is 5.32 Å². The van der Waals surface area contributed by atoms with Crippen LogP contribution in [0.3, 0.4) is 0 Å². The van der Waals surface area contributed by atoms with Crippen molar-refractivity contribution < 1.29 is 18.3 Å². The number of halogens is 3. The normalized spacial score (nSPS) is 12.2. The van der Waals surface area contributed by atoms with Gasteiger partial charge in [0.05, 0.1) is 11.6 Å². The molecular formula is C23H18F3N3O. The van der Waals surface area contributed by atoms with Gasteiger partial charge >= 0.3 is 0 Å². The van der Waals surface area contributed by atoms with Gasteiger partial charge in [-0.25, -0.2) is 18.2 Å². The Balaban J connectivity index is 1.97. The van der Waals surface area contributed by atoms with Crippen LogP contribution in [-0.2, 0) is 0 Å². The summed E-state index contributed by atoms with van der Waals surface area (Å²) in [5.41, 5.74) is 0.694. The molecule has 0 amide bonds. The summed E-state index contributed by atoms with van der Waals surface area (Å²) >= 11 is 0. The first-order chi connectivity index (χ1) is 14.4. The Morgan fingerprint density at radius 1 is 0.933 bits per heavy atom. The third-order valence-corrected chi connectivity index (χ3v) is 4.96. The average molecular weight is 409 g/mol. The van der Waals surface area contributed by atoms with E-state index in [1.165, 1.54) is 19.2 Å². The molecule has 4 nitrogen and oxygen atoms in total. The van der Waals surface area contributed by atoms with Crippen LogP contribution in [0.25, 0.3) is 10.9 Å². The van der Waals surface area contributed by atoms with Crippen molar-refractivity contribution in [1.29, 1.82) is 0 Å². The zero-order valence-corrected chi connectivity index (χ0v) is 16.2. The Kier molecular flexibility index (Phi) is 5.03. The maximum atomic E-state index is 15.0. The second kappa shape index (κ2) is 7.67. The van der Waals surface area contributed by atoms with E-state index in [-0.39, 0.29) is 22.4 Å². The molecule has 0 saturated heterocycles. The summed E-state index contributed by atoms with van der Waals surface area (Å²) in [6.07, 6.45) is 3.05. The summed E-state index contributed by atoms with van der Waals surface area (Å²) < 4.78 is 44.1. The number of aryl methyl sites for hydroxylation is 2. The van der Waals surface area contributed by atoms with Gasteiger partial charge < -0.3 is 10.4 Å². The molecule has 30 heavy (non-hydrogen) atoms. The molecule has 0 aliphatic rings. The third kappa shape index (κ3) is 3.43. The van der Waals surface area contributed by atoms with Gasteiger partial charge in [0.25, 0.3) is 0 Å². The van der Waals surface area contributed by atoms with Gasteiger partial charge in [0.15, 0.2) is 11.6 Å². The number of hydrogen-bond acceptors (Lipinski definition) is 4. The second-order valence-corrected chi connectivity index (χ2v) is 7.09. The number of hydrogen-bond donors (Lipinski definition) is 2. The molecule has 152 valence electrons. The Labute approximate surface area is 171 Å². The van der Waals surface area contributed by atoms with Gasteiger partial charge in [0, 0.05) is 23.3 Å². The Morgan fingerprint density at radius 3 is 2.50 bits per heavy atom. The van der Waals surface area contributed by atoms with Crippen LogP contribution in [-0.4, -0.2) is 15.1 Å². The molecule has 4 rings (SSSR count). The van der Waals surface area contributed by atoms with Gasteiger partial charge in [0.2, 0.25) is 0 Å². The van der Waals surface area contributed by atoms with E-state index in [1.54, 1.807) is 36.5 Å². The van der Waals surface area contributed by atoms with Crippen LogP contribution < -0.4 is 5.32 Å². The highest BCUT2D eigenvalue weighted by atomic mass is 19.2. The molecule has 0 aliphatic carbocycles. The Morgan fingerprint density at radius 2 is 1.73 bits per heavy atom. The van der Waals surface area contributed by atoms with Crippen molar-refractivity contribution in [1.82, 2.24) is 9.97 Å². The number of rotatable bonds is 4. The van der Waals surface area contributed by atoms with Crippen LogP contribution in [0.15, 0.2) is 54.9 Å². The molecule has 1 atom stereocenters.